The van der Waals surface area contributed by atoms with Gasteiger partial charge in [0.2, 0.25) is 0 Å². The van der Waals surface area contributed by atoms with E-state index in [1.165, 1.54) is 16.4 Å². The highest BCUT2D eigenvalue weighted by atomic mass is 15.0. The van der Waals surface area contributed by atoms with Gasteiger partial charge < -0.3 is 4.57 Å². The number of nitrogens with zero attached hydrogens (tertiary/aromatic N) is 2. The third kappa shape index (κ3) is 2.91. The summed E-state index contributed by atoms with van der Waals surface area (Å²) in [6.45, 7) is 11.2. The Bertz CT molecular complexity index is 612. The molecule has 3 aromatic rings. The van der Waals surface area contributed by atoms with Crippen LogP contribution in [0.5, 0.6) is 0 Å². The van der Waals surface area contributed by atoms with Crippen molar-refractivity contribution < 1.29 is 0 Å². The molecule has 2 heteroatoms. The first-order valence-corrected chi connectivity index (χ1v) is 6.14. The van der Waals surface area contributed by atoms with Crippen LogP contribution in [0.25, 0.3) is 21.9 Å². The number of rotatable bonds is 0. The molecule has 0 spiro atoms. The normalized spacial score (nSPS) is 9.16. The maximum atomic E-state index is 4.41. The molecule has 2 aromatic heterocycles. The Hall–Kier alpha value is -2.35. The highest BCUT2D eigenvalue weighted by molar-refractivity contribution is 6.05. The van der Waals surface area contributed by atoms with Crippen LogP contribution in [0.2, 0.25) is 0 Å². The smallest absolute Gasteiger partial charge is 0.0959 e. The molecule has 0 saturated carbocycles. The van der Waals surface area contributed by atoms with E-state index in [9.17, 15) is 0 Å². The van der Waals surface area contributed by atoms with Crippen LogP contribution in [-0.4, -0.2) is 9.55 Å². The summed E-state index contributed by atoms with van der Waals surface area (Å²) in [6.07, 6.45) is 3.59. The van der Waals surface area contributed by atoms with Crippen molar-refractivity contribution in [3.63, 3.8) is 0 Å². The van der Waals surface area contributed by atoms with Gasteiger partial charge >= 0.3 is 0 Å². The van der Waals surface area contributed by atoms with Gasteiger partial charge in [-0.25, -0.2) is 0 Å². The fourth-order valence-corrected chi connectivity index (χ4v) is 1.97. The second-order valence-electron chi connectivity index (χ2n) is 3.86. The third-order valence-corrected chi connectivity index (χ3v) is 2.67. The zero-order valence-corrected chi connectivity index (χ0v) is 11.6. The van der Waals surface area contributed by atoms with E-state index in [0.717, 1.165) is 5.52 Å². The van der Waals surface area contributed by atoms with Gasteiger partial charge in [0.25, 0.3) is 0 Å². The molecule has 98 valence electrons. The predicted octanol–water partition coefficient (Wildman–Crippen LogP) is 4.72. The van der Waals surface area contributed by atoms with Gasteiger partial charge in [-0.2, -0.15) is 0 Å². The summed E-state index contributed by atoms with van der Waals surface area (Å²) >= 11 is 0. The van der Waals surface area contributed by atoms with Crippen LogP contribution >= 0.6 is 0 Å². The Labute approximate surface area is 114 Å². The summed E-state index contributed by atoms with van der Waals surface area (Å²) in [6, 6.07) is 12.4. The number of aryl methyl sites for hydroxylation is 1. The lowest BCUT2D eigenvalue weighted by Crippen LogP contribution is -1.85. The average molecular weight is 252 g/mol. The Kier molecular flexibility index (Phi) is 5.55. The SMILES string of the molecule is C=C.C=CC.Cn1c2ccccc2c2ncccc21. The first-order chi connectivity index (χ1) is 9.29. The molecule has 0 fully saturated rings. The topological polar surface area (TPSA) is 17.8 Å². The van der Waals surface area contributed by atoms with Crippen LogP contribution in [0.15, 0.2) is 68.4 Å². The van der Waals surface area contributed by atoms with E-state index >= 15 is 0 Å². The van der Waals surface area contributed by atoms with Crippen LogP contribution in [0, 0.1) is 0 Å². The number of para-hydroxylation sites is 1. The van der Waals surface area contributed by atoms with Crippen molar-refractivity contribution in [2.24, 2.45) is 7.05 Å². The molecule has 2 heterocycles. The van der Waals surface area contributed by atoms with Gasteiger partial charge in [0, 0.05) is 18.6 Å². The van der Waals surface area contributed by atoms with E-state index in [2.05, 4.69) is 66.7 Å². The minimum Gasteiger partial charge on any atom is -0.342 e. The van der Waals surface area contributed by atoms with Gasteiger partial charge in [-0.3, -0.25) is 4.98 Å². The largest absolute Gasteiger partial charge is 0.342 e. The number of hydrogen-bond acceptors (Lipinski definition) is 1. The molecular formula is C17H20N2. The van der Waals surface area contributed by atoms with Gasteiger partial charge in [-0.15, -0.1) is 19.7 Å². The fourth-order valence-electron chi connectivity index (χ4n) is 1.97. The maximum absolute atomic E-state index is 4.41. The van der Waals surface area contributed by atoms with Crippen molar-refractivity contribution in [2.75, 3.05) is 0 Å². The number of fused-ring (bicyclic) bond motifs is 3. The fraction of sp³-hybridized carbons (Fsp3) is 0.118. The molecule has 0 unspecified atom stereocenters. The lowest BCUT2D eigenvalue weighted by Gasteiger charge is -1.95. The van der Waals surface area contributed by atoms with Crippen molar-refractivity contribution in [3.8, 4) is 0 Å². The quantitative estimate of drug-likeness (QED) is 0.529. The summed E-state index contributed by atoms with van der Waals surface area (Å²) in [7, 11) is 2.08. The van der Waals surface area contributed by atoms with Crippen LogP contribution in [-0.2, 0) is 7.05 Å². The van der Waals surface area contributed by atoms with E-state index < -0.39 is 0 Å². The summed E-state index contributed by atoms with van der Waals surface area (Å²) < 4.78 is 2.18. The lowest BCUT2D eigenvalue weighted by molar-refractivity contribution is 1.01. The number of allylic oxidation sites excluding steroid dienone is 1. The molecule has 0 aliphatic rings. The van der Waals surface area contributed by atoms with Gasteiger partial charge in [0.05, 0.1) is 16.6 Å². The summed E-state index contributed by atoms with van der Waals surface area (Å²) in [5.41, 5.74) is 3.51. The molecule has 0 N–H and O–H groups in total. The Balaban J connectivity index is 0.000000321. The zero-order chi connectivity index (χ0) is 14.3. The molecule has 0 aliphatic carbocycles. The van der Waals surface area contributed by atoms with E-state index in [-0.39, 0.29) is 0 Å². The first-order valence-electron chi connectivity index (χ1n) is 6.14. The predicted molar refractivity (Wildman–Crippen MR) is 85.3 cm³/mol. The molecule has 0 saturated heterocycles. The standard InChI is InChI=1S/C12H10N2.C3H6.C2H4/c1-14-10-6-3-2-5-9(10)12-11(14)7-4-8-13-12;1-3-2;1-2/h2-8H,1H3;3H,1H2,2H3;1-2H2. The van der Waals surface area contributed by atoms with Gasteiger partial charge in [0.15, 0.2) is 0 Å². The van der Waals surface area contributed by atoms with Crippen LogP contribution in [0.3, 0.4) is 0 Å². The number of benzene rings is 1. The Morgan fingerprint density at radius 3 is 2.32 bits per heavy atom. The maximum Gasteiger partial charge on any atom is 0.0959 e. The van der Waals surface area contributed by atoms with Crippen LogP contribution < -0.4 is 0 Å². The molecule has 0 radical (unpaired) electrons. The molecule has 0 atom stereocenters. The molecular weight excluding hydrogens is 232 g/mol. The van der Waals surface area contributed by atoms with Gasteiger partial charge in [-0.1, -0.05) is 24.3 Å². The molecule has 2 nitrogen and oxygen atoms in total. The van der Waals surface area contributed by atoms with Crippen molar-refractivity contribution >= 4 is 21.9 Å². The van der Waals surface area contributed by atoms with E-state index in [1.807, 2.05) is 19.2 Å². The summed E-state index contributed by atoms with van der Waals surface area (Å²) in [4.78, 5) is 4.41. The van der Waals surface area contributed by atoms with Crippen molar-refractivity contribution in [1.29, 1.82) is 0 Å². The highest BCUT2D eigenvalue weighted by Gasteiger charge is 2.06. The molecule has 0 amide bonds. The summed E-state index contributed by atoms with van der Waals surface area (Å²) in [5, 5.41) is 1.23. The van der Waals surface area contributed by atoms with E-state index in [4.69, 9.17) is 0 Å². The first kappa shape index (κ1) is 14.7. The average Bonchev–Trinajstić information content (AvgIpc) is 2.77. The minimum atomic E-state index is 1.09. The number of pyridine rings is 1. The minimum absolute atomic E-state index is 1.09. The lowest BCUT2D eigenvalue weighted by atomic mass is 10.2. The second kappa shape index (κ2) is 7.17. The monoisotopic (exact) mass is 252 g/mol. The second-order valence-corrected chi connectivity index (χ2v) is 3.86. The molecule has 1 aromatic carbocycles. The molecule has 3 rings (SSSR count). The van der Waals surface area contributed by atoms with Crippen LogP contribution in [0.4, 0.5) is 0 Å². The van der Waals surface area contributed by atoms with Crippen LogP contribution in [0.1, 0.15) is 6.92 Å². The van der Waals surface area contributed by atoms with Crippen molar-refractivity contribution in [2.45, 2.75) is 6.92 Å². The molecule has 0 bridgehead atoms. The van der Waals surface area contributed by atoms with Crippen molar-refractivity contribution in [3.05, 3.63) is 68.4 Å². The van der Waals surface area contributed by atoms with Gasteiger partial charge in [-0.05, 0) is 25.1 Å². The zero-order valence-electron chi connectivity index (χ0n) is 11.6. The Morgan fingerprint density at radius 1 is 1.05 bits per heavy atom. The highest BCUT2D eigenvalue weighted by Crippen LogP contribution is 2.25. The van der Waals surface area contributed by atoms with Crippen molar-refractivity contribution in [1.82, 2.24) is 9.55 Å². The molecule has 0 aliphatic heterocycles. The van der Waals surface area contributed by atoms with E-state index in [0.29, 0.717) is 0 Å². The summed E-state index contributed by atoms with van der Waals surface area (Å²) in [5.74, 6) is 0. The van der Waals surface area contributed by atoms with E-state index in [1.54, 1.807) is 6.08 Å². The molecule has 19 heavy (non-hydrogen) atoms. The Morgan fingerprint density at radius 2 is 1.63 bits per heavy atom. The number of aromatic nitrogens is 2. The van der Waals surface area contributed by atoms with Gasteiger partial charge in [0.1, 0.15) is 0 Å². The number of hydrogen-bond donors (Lipinski definition) is 0. The third-order valence-electron chi connectivity index (χ3n) is 2.67.